The van der Waals surface area contributed by atoms with Crippen LogP contribution in [-0.4, -0.2) is 64.9 Å². The number of fused-ring (bicyclic) bond motifs is 7. The fourth-order valence-electron chi connectivity index (χ4n) is 7.18. The first-order valence-electron chi connectivity index (χ1n) is 17.2. The first-order chi connectivity index (χ1) is 23.9. The number of aryl methyl sites for hydroxylation is 4. The Morgan fingerprint density at radius 1 is 1.08 bits per heavy atom. The van der Waals surface area contributed by atoms with Crippen LogP contribution in [0.15, 0.2) is 46.0 Å². The molecule has 2 N–H and O–H groups in total. The van der Waals surface area contributed by atoms with E-state index in [1.54, 1.807) is 11.8 Å². The number of ether oxygens (including phenoxy) is 2. The van der Waals surface area contributed by atoms with Gasteiger partial charge in [-0.25, -0.2) is 4.79 Å². The molecule has 0 aliphatic carbocycles. The number of esters is 1. The maximum Gasteiger partial charge on any atom is 0.354 e. The van der Waals surface area contributed by atoms with Gasteiger partial charge >= 0.3 is 5.97 Å². The van der Waals surface area contributed by atoms with Crippen LogP contribution in [0, 0.1) is 0 Å². The predicted molar refractivity (Wildman–Crippen MR) is 198 cm³/mol. The second-order valence-corrected chi connectivity index (χ2v) is 14.3. The molecule has 3 aliphatic heterocycles. The molecular formula is C37H44ClN7O3S. The van der Waals surface area contributed by atoms with E-state index >= 15 is 0 Å². The Hall–Kier alpha value is -3.93. The number of nitrogens with one attached hydrogen (secondary N) is 2. The first-order valence-corrected chi connectivity index (χ1v) is 18.5. The van der Waals surface area contributed by atoms with Crippen LogP contribution in [0.5, 0.6) is 5.75 Å². The van der Waals surface area contributed by atoms with Crippen molar-refractivity contribution in [3.63, 3.8) is 0 Å². The Morgan fingerprint density at radius 2 is 1.98 bits per heavy atom. The number of allylic oxidation sites excluding steroid dienone is 1. The van der Waals surface area contributed by atoms with Gasteiger partial charge in [-0.1, -0.05) is 17.7 Å². The molecule has 0 saturated carbocycles. The van der Waals surface area contributed by atoms with Crippen molar-refractivity contribution in [2.75, 3.05) is 38.7 Å². The first kappa shape index (κ1) is 33.6. The fraction of sp³-hybridized carbons (Fsp3) is 0.432. The van der Waals surface area contributed by atoms with Crippen LogP contribution in [0.2, 0.25) is 5.02 Å². The van der Waals surface area contributed by atoms with Gasteiger partial charge in [0.05, 0.1) is 30.6 Å². The topological polar surface area (TPSA) is 97.9 Å². The molecule has 1 saturated heterocycles. The summed E-state index contributed by atoms with van der Waals surface area (Å²) in [6.07, 6.45) is 10.6. The molecule has 0 amide bonds. The van der Waals surface area contributed by atoms with E-state index in [0.717, 1.165) is 102 Å². The lowest BCUT2D eigenvalue weighted by atomic mass is 10.0. The van der Waals surface area contributed by atoms with E-state index in [4.69, 9.17) is 31.3 Å². The number of aromatic nitrogens is 3. The normalized spacial score (nSPS) is 19.1. The van der Waals surface area contributed by atoms with Crippen LogP contribution in [0.4, 0.5) is 5.69 Å². The van der Waals surface area contributed by atoms with Gasteiger partial charge in [-0.05, 0) is 86.4 Å². The number of methoxy groups -OCH3 is 1. The van der Waals surface area contributed by atoms with Crippen molar-refractivity contribution in [3.05, 3.63) is 74.8 Å². The minimum atomic E-state index is -0.360. The summed E-state index contributed by atoms with van der Waals surface area (Å²) in [6, 6.07) is 10.6. The molecule has 3 aliphatic rings. The molecule has 2 aromatic carbocycles. The lowest BCUT2D eigenvalue weighted by molar-refractivity contribution is 0.0589. The number of benzene rings is 2. The van der Waals surface area contributed by atoms with Crippen molar-refractivity contribution in [3.8, 4) is 5.75 Å². The van der Waals surface area contributed by atoms with Gasteiger partial charge < -0.3 is 24.7 Å². The Labute approximate surface area is 296 Å². The summed E-state index contributed by atoms with van der Waals surface area (Å²) in [6.45, 7) is 3.56. The highest BCUT2D eigenvalue weighted by Crippen LogP contribution is 2.39. The summed E-state index contributed by atoms with van der Waals surface area (Å²) in [5.74, 6) is 1.33. The van der Waals surface area contributed by atoms with Crippen LogP contribution in [0.3, 0.4) is 0 Å². The van der Waals surface area contributed by atoms with E-state index in [-0.39, 0.29) is 5.97 Å². The van der Waals surface area contributed by atoms with Crippen LogP contribution in [0.1, 0.15) is 70.7 Å². The average Bonchev–Trinajstić information content (AvgIpc) is 3.61. The zero-order chi connectivity index (χ0) is 33.9. The summed E-state index contributed by atoms with van der Waals surface area (Å²) >= 11 is 8.73. The van der Waals surface area contributed by atoms with Gasteiger partial charge in [0.2, 0.25) is 0 Å². The summed E-state index contributed by atoms with van der Waals surface area (Å²) in [5, 5.41) is 20.4. The molecule has 0 radical (unpaired) electrons. The average molecular weight is 702 g/mol. The summed E-state index contributed by atoms with van der Waals surface area (Å²) < 4.78 is 15.8. The number of piperidine rings is 1. The van der Waals surface area contributed by atoms with E-state index < -0.39 is 0 Å². The van der Waals surface area contributed by atoms with E-state index in [2.05, 4.69) is 39.9 Å². The molecule has 258 valence electrons. The van der Waals surface area contributed by atoms with Crippen molar-refractivity contribution in [2.24, 2.45) is 19.2 Å². The summed E-state index contributed by atoms with van der Waals surface area (Å²) in [7, 11) is 5.37. The largest absolute Gasteiger partial charge is 0.491 e. The van der Waals surface area contributed by atoms with Gasteiger partial charge in [0.1, 0.15) is 11.4 Å². The Kier molecular flexibility index (Phi) is 10.2. The smallest absolute Gasteiger partial charge is 0.354 e. The lowest BCUT2D eigenvalue weighted by Gasteiger charge is -2.27. The van der Waals surface area contributed by atoms with Crippen LogP contribution >= 0.6 is 23.4 Å². The van der Waals surface area contributed by atoms with Crippen molar-refractivity contribution in [1.29, 1.82) is 0 Å². The Balaban J connectivity index is 1.27. The van der Waals surface area contributed by atoms with E-state index in [9.17, 15) is 4.79 Å². The monoisotopic (exact) mass is 701 g/mol. The molecule has 7 rings (SSSR count). The Bertz CT molecular complexity index is 1930. The standard InChI is InChI=1S/C37H44ClN7O3S/c1-43-35-30-11-12-32(38)31(35)20-26-9-4-5-16-45(26)41-15-14-39-22-25-19-27(44(2)42-25)23-49-28-18-24-8-6-13-40-34(24)33(21-28)48-17-7-10-29(30)36(43)37(46)47-3/h11-12,15,18-21,39-40H,4-10,13-14,16-17,22-23H2,1-3H3/b26-20+,41-15+. The molecule has 0 spiro atoms. The molecule has 10 nitrogen and oxygen atoms in total. The number of nitrogens with zero attached hydrogens (tertiary/aromatic N) is 5. The van der Waals surface area contributed by atoms with Gasteiger partial charge in [0.15, 0.2) is 0 Å². The second kappa shape index (κ2) is 14.9. The number of hydrogen-bond acceptors (Lipinski definition) is 9. The fourth-order valence-corrected chi connectivity index (χ4v) is 8.39. The number of carbonyl (C=O) groups excluding carboxylic acids is 1. The van der Waals surface area contributed by atoms with E-state index in [1.807, 2.05) is 41.7 Å². The number of halogens is 1. The quantitative estimate of drug-likeness (QED) is 0.206. The molecule has 2 aromatic heterocycles. The lowest BCUT2D eigenvalue weighted by Crippen LogP contribution is -2.24. The predicted octanol–water partition coefficient (Wildman–Crippen LogP) is 6.93. The van der Waals surface area contributed by atoms with Crippen molar-refractivity contribution >= 4 is 58.2 Å². The van der Waals surface area contributed by atoms with Gasteiger partial charge in [-0.3, -0.25) is 9.69 Å². The second-order valence-electron chi connectivity index (χ2n) is 12.9. The Morgan fingerprint density at radius 3 is 2.86 bits per heavy atom. The number of rotatable bonds is 1. The third-order valence-corrected chi connectivity index (χ3v) is 10.9. The highest BCUT2D eigenvalue weighted by Gasteiger charge is 2.25. The number of carbonyl (C=O) groups is 1. The minimum absolute atomic E-state index is 0.360. The van der Waals surface area contributed by atoms with Gasteiger partial charge in [-0.2, -0.15) is 10.2 Å². The van der Waals surface area contributed by atoms with Crippen LogP contribution in [-0.2, 0) is 44.0 Å². The number of anilines is 1. The van der Waals surface area contributed by atoms with Crippen molar-refractivity contribution in [1.82, 2.24) is 24.7 Å². The number of thioether (sulfide) groups is 1. The zero-order valence-corrected chi connectivity index (χ0v) is 30.1. The number of hydrazone groups is 1. The summed E-state index contributed by atoms with van der Waals surface area (Å²) in [5.41, 5.74) is 8.97. The maximum absolute atomic E-state index is 13.3. The maximum atomic E-state index is 13.3. The molecular weight excluding hydrogens is 658 g/mol. The minimum Gasteiger partial charge on any atom is -0.491 e. The molecule has 8 bridgehead atoms. The van der Waals surface area contributed by atoms with Crippen LogP contribution in [0.25, 0.3) is 17.0 Å². The molecule has 4 aromatic rings. The molecule has 0 atom stereocenters. The highest BCUT2D eigenvalue weighted by molar-refractivity contribution is 7.98. The zero-order valence-electron chi connectivity index (χ0n) is 28.5. The van der Waals surface area contributed by atoms with Crippen LogP contribution < -0.4 is 15.4 Å². The molecule has 1 fully saturated rings. The summed E-state index contributed by atoms with van der Waals surface area (Å²) in [4.78, 5) is 14.4. The third kappa shape index (κ3) is 7.07. The SMILES string of the molecule is COC(=O)c1c2c3ccc(Cl)c(c3n1C)/C=C1\CCCCN1/N=C/CNCc1cc(n(C)n1)CSc1cc3c(c(c1)OCCC2)NCCC3. The van der Waals surface area contributed by atoms with Crippen molar-refractivity contribution < 1.29 is 14.3 Å². The molecule has 49 heavy (non-hydrogen) atoms. The molecule has 12 heteroatoms. The van der Waals surface area contributed by atoms with Gasteiger partial charge in [-0.15, -0.1) is 11.8 Å². The van der Waals surface area contributed by atoms with Gasteiger partial charge in [0.25, 0.3) is 0 Å². The van der Waals surface area contributed by atoms with Crippen molar-refractivity contribution in [2.45, 2.75) is 62.1 Å². The van der Waals surface area contributed by atoms with E-state index in [0.29, 0.717) is 36.8 Å². The molecule has 5 heterocycles. The third-order valence-electron chi connectivity index (χ3n) is 9.61. The highest BCUT2D eigenvalue weighted by atomic mass is 35.5. The van der Waals surface area contributed by atoms with Gasteiger partial charge in [0, 0.05) is 84.5 Å². The van der Waals surface area contributed by atoms with E-state index in [1.165, 1.54) is 23.3 Å². The molecule has 0 unspecified atom stereocenters. The number of hydrogen-bond donors (Lipinski definition) is 2.